The van der Waals surface area contributed by atoms with E-state index < -0.39 is 0 Å². The van der Waals surface area contributed by atoms with Crippen LogP contribution in [-0.4, -0.2) is 11.1 Å². The normalized spacial score (nSPS) is 16.1. The zero-order valence-corrected chi connectivity index (χ0v) is 13.9. The number of carbonyl (C=O) groups is 2. The van der Waals surface area contributed by atoms with Crippen LogP contribution in [0.15, 0.2) is 45.7 Å². The van der Waals surface area contributed by atoms with E-state index in [-0.39, 0.29) is 43.9 Å². The van der Waals surface area contributed by atoms with Crippen LogP contribution < -0.4 is 5.32 Å². The quantitative estimate of drug-likeness (QED) is 0.661. The van der Waals surface area contributed by atoms with Gasteiger partial charge in [0.05, 0.1) is 4.91 Å². The summed E-state index contributed by atoms with van der Waals surface area (Å²) in [6.07, 6.45) is 1.56. The maximum Gasteiger partial charge on any atom is 0.290 e. The van der Waals surface area contributed by atoms with Gasteiger partial charge in [-0.1, -0.05) is 5.56 Å². The van der Waals surface area contributed by atoms with Crippen molar-refractivity contribution in [1.82, 2.24) is 5.32 Å². The molecule has 1 aliphatic rings. The Balaban J connectivity index is 0.00000147. The van der Waals surface area contributed by atoms with Crippen molar-refractivity contribution >= 4 is 29.0 Å². The second-order valence-electron chi connectivity index (χ2n) is 3.84. The van der Waals surface area contributed by atoms with Crippen LogP contribution in [0.5, 0.6) is 0 Å². The Bertz CT molecular complexity index is 679. The van der Waals surface area contributed by atoms with Gasteiger partial charge in [-0.25, -0.2) is 0 Å². The number of amides is 2. The first-order chi connectivity index (χ1) is 9.22. The Labute approximate surface area is 144 Å². The standard InChI is InChI=1S/C14H8NO3S.Y/c16-13-12(19-14(17)15-13)8-10-6-7-11(18-10)9-4-2-1-3-5-9;/h2-8H,(H,15,16,17);/q-1;/b12-8-;. The third kappa shape index (κ3) is 3.29. The number of hydrogen-bond donors (Lipinski definition) is 1. The molecule has 0 aliphatic carbocycles. The van der Waals surface area contributed by atoms with Gasteiger partial charge >= 0.3 is 0 Å². The number of thioether (sulfide) groups is 1. The molecule has 1 N–H and O–H groups in total. The molecule has 1 saturated heterocycles. The number of imide groups is 1. The Morgan fingerprint density at radius 2 is 1.90 bits per heavy atom. The molecule has 0 spiro atoms. The van der Waals surface area contributed by atoms with Crippen LogP contribution in [0.2, 0.25) is 0 Å². The van der Waals surface area contributed by atoms with Crippen molar-refractivity contribution in [3.63, 3.8) is 0 Å². The average Bonchev–Trinajstić information content (AvgIpc) is 2.99. The van der Waals surface area contributed by atoms with Crippen molar-refractivity contribution in [2.45, 2.75) is 0 Å². The van der Waals surface area contributed by atoms with E-state index in [1.807, 2.05) is 18.2 Å². The number of benzene rings is 1. The molecule has 0 saturated carbocycles. The molecule has 0 unspecified atom stereocenters. The van der Waals surface area contributed by atoms with Crippen LogP contribution in [0.25, 0.3) is 17.4 Å². The molecule has 2 aromatic rings. The number of furan rings is 1. The van der Waals surface area contributed by atoms with Gasteiger partial charge in [0.2, 0.25) is 0 Å². The average molecular weight is 359 g/mol. The summed E-state index contributed by atoms with van der Waals surface area (Å²) in [6.45, 7) is 0. The minimum Gasteiger partial charge on any atom is -0.459 e. The van der Waals surface area contributed by atoms with Crippen molar-refractivity contribution < 1.29 is 46.7 Å². The number of hydrogen-bond acceptors (Lipinski definition) is 4. The van der Waals surface area contributed by atoms with Gasteiger partial charge in [0, 0.05) is 38.8 Å². The molecule has 2 heterocycles. The SMILES string of the molecule is O=C1NC(=O)/C(=C/c2ccc(-c3cc[c-]cc3)o2)S1.[Y]. The van der Waals surface area contributed by atoms with Crippen LogP contribution in [0.3, 0.4) is 0 Å². The maximum atomic E-state index is 11.4. The number of rotatable bonds is 2. The zero-order valence-electron chi connectivity index (χ0n) is 10.3. The Morgan fingerprint density at radius 3 is 2.55 bits per heavy atom. The molecule has 1 aromatic heterocycles. The summed E-state index contributed by atoms with van der Waals surface area (Å²) in [5.74, 6) is 0.855. The van der Waals surface area contributed by atoms with E-state index in [4.69, 9.17) is 4.42 Å². The van der Waals surface area contributed by atoms with Crippen molar-refractivity contribution in [1.29, 1.82) is 0 Å². The molecule has 20 heavy (non-hydrogen) atoms. The summed E-state index contributed by atoms with van der Waals surface area (Å²) in [4.78, 5) is 22.8. The van der Waals surface area contributed by atoms with E-state index in [1.165, 1.54) is 0 Å². The van der Waals surface area contributed by atoms with Gasteiger partial charge in [0.25, 0.3) is 11.1 Å². The van der Waals surface area contributed by atoms with E-state index in [0.717, 1.165) is 17.3 Å². The maximum absolute atomic E-state index is 11.4. The molecular formula is C14H8NO3SY-. The molecule has 1 radical (unpaired) electrons. The first-order valence-corrected chi connectivity index (χ1v) is 6.35. The van der Waals surface area contributed by atoms with E-state index >= 15 is 0 Å². The Kier molecular flexibility index (Phi) is 4.97. The molecule has 1 aromatic carbocycles. The van der Waals surface area contributed by atoms with Gasteiger partial charge in [-0.15, -0.1) is 0 Å². The molecular weight excluding hydrogens is 351 g/mol. The van der Waals surface area contributed by atoms with Gasteiger partial charge in [-0.3, -0.25) is 14.9 Å². The predicted octanol–water partition coefficient (Wildman–Crippen LogP) is 3.07. The third-order valence-corrected chi connectivity index (χ3v) is 3.36. The first-order valence-electron chi connectivity index (χ1n) is 5.53. The molecule has 6 heteroatoms. The van der Waals surface area contributed by atoms with Crippen LogP contribution in [0.1, 0.15) is 5.76 Å². The van der Waals surface area contributed by atoms with Crippen molar-refractivity contribution in [3.8, 4) is 11.3 Å². The summed E-state index contributed by atoms with van der Waals surface area (Å²) in [6, 6.07) is 13.9. The smallest absolute Gasteiger partial charge is 0.290 e. The number of nitrogens with one attached hydrogen (secondary N) is 1. The topological polar surface area (TPSA) is 59.3 Å². The second-order valence-corrected chi connectivity index (χ2v) is 4.86. The van der Waals surface area contributed by atoms with Gasteiger partial charge in [-0.05, 0) is 23.9 Å². The van der Waals surface area contributed by atoms with E-state index in [2.05, 4.69) is 11.4 Å². The summed E-state index contributed by atoms with van der Waals surface area (Å²) in [7, 11) is 0. The molecule has 0 bridgehead atoms. The van der Waals surface area contributed by atoms with Crippen LogP contribution in [0, 0.1) is 6.07 Å². The van der Waals surface area contributed by atoms with Crippen LogP contribution in [0.4, 0.5) is 4.79 Å². The second kappa shape index (κ2) is 6.52. The largest absolute Gasteiger partial charge is 0.459 e. The summed E-state index contributed by atoms with van der Waals surface area (Å²) >= 11 is 0.870. The van der Waals surface area contributed by atoms with Crippen LogP contribution >= 0.6 is 11.8 Å². The Hall–Kier alpha value is -1.17. The van der Waals surface area contributed by atoms with Crippen LogP contribution in [-0.2, 0) is 37.5 Å². The van der Waals surface area contributed by atoms with E-state index in [1.54, 1.807) is 24.3 Å². The van der Waals surface area contributed by atoms with E-state index in [9.17, 15) is 9.59 Å². The van der Waals surface area contributed by atoms with Gasteiger partial charge in [-0.2, -0.15) is 30.3 Å². The fraction of sp³-hybridized carbons (Fsp3) is 0. The fourth-order valence-electron chi connectivity index (χ4n) is 1.69. The van der Waals surface area contributed by atoms with E-state index in [0.29, 0.717) is 16.4 Å². The van der Waals surface area contributed by atoms with Gasteiger partial charge < -0.3 is 4.42 Å². The summed E-state index contributed by atoms with van der Waals surface area (Å²) < 4.78 is 5.62. The summed E-state index contributed by atoms with van der Waals surface area (Å²) in [5, 5.41) is 1.84. The molecule has 4 nitrogen and oxygen atoms in total. The first kappa shape index (κ1) is 15.2. The third-order valence-electron chi connectivity index (χ3n) is 2.54. The fourth-order valence-corrected chi connectivity index (χ4v) is 2.35. The number of carbonyl (C=O) groups excluding carboxylic acids is 2. The van der Waals surface area contributed by atoms with Crippen molar-refractivity contribution in [3.05, 3.63) is 53.1 Å². The molecule has 0 atom stereocenters. The molecule has 1 fully saturated rings. The minimum absolute atomic E-state index is 0. The van der Waals surface area contributed by atoms with Crippen molar-refractivity contribution in [2.75, 3.05) is 0 Å². The van der Waals surface area contributed by atoms with Gasteiger partial charge in [0.15, 0.2) is 0 Å². The Morgan fingerprint density at radius 1 is 1.15 bits per heavy atom. The zero-order chi connectivity index (χ0) is 13.2. The van der Waals surface area contributed by atoms with Gasteiger partial charge in [0.1, 0.15) is 11.5 Å². The predicted molar refractivity (Wildman–Crippen MR) is 72.1 cm³/mol. The molecule has 97 valence electrons. The monoisotopic (exact) mass is 359 g/mol. The minimum atomic E-state index is -0.387. The molecule has 1 aliphatic heterocycles. The summed E-state index contributed by atoms with van der Waals surface area (Å²) in [5.41, 5.74) is 0.933. The molecule has 2 amide bonds. The van der Waals surface area contributed by atoms with Crippen molar-refractivity contribution in [2.24, 2.45) is 0 Å². The molecule has 3 rings (SSSR count).